The van der Waals surface area contributed by atoms with Crippen LogP contribution in [0.25, 0.3) is 0 Å². The van der Waals surface area contributed by atoms with Crippen molar-refractivity contribution in [2.75, 3.05) is 65.6 Å². The van der Waals surface area contributed by atoms with Crippen molar-refractivity contribution in [2.24, 2.45) is 10.9 Å². The Balaban J connectivity index is 0.00000320. The third-order valence-corrected chi connectivity index (χ3v) is 5.24. The SMILES string of the molecule is CCNC(=NCC(O)COCC1CC1)N1CCN(CCOc2ccccc2)CC1.I. The van der Waals surface area contributed by atoms with Crippen molar-refractivity contribution in [3.05, 3.63) is 30.3 Å². The molecule has 1 aliphatic carbocycles. The van der Waals surface area contributed by atoms with Gasteiger partial charge in [-0.3, -0.25) is 9.89 Å². The van der Waals surface area contributed by atoms with Crippen LogP contribution in [0.1, 0.15) is 19.8 Å². The summed E-state index contributed by atoms with van der Waals surface area (Å²) in [6.45, 7) is 9.84. The average molecular weight is 532 g/mol. The molecule has 1 saturated carbocycles. The zero-order valence-corrected chi connectivity index (χ0v) is 20.4. The number of nitrogens with zero attached hydrogens (tertiary/aromatic N) is 3. The number of ether oxygens (including phenoxy) is 2. The highest BCUT2D eigenvalue weighted by molar-refractivity contribution is 14.0. The van der Waals surface area contributed by atoms with Gasteiger partial charge in [0.05, 0.1) is 19.3 Å². The molecule has 1 heterocycles. The van der Waals surface area contributed by atoms with Crippen molar-refractivity contribution < 1.29 is 14.6 Å². The summed E-state index contributed by atoms with van der Waals surface area (Å²) < 4.78 is 11.4. The second kappa shape index (κ2) is 14.1. The summed E-state index contributed by atoms with van der Waals surface area (Å²) >= 11 is 0. The van der Waals surface area contributed by atoms with Gasteiger partial charge < -0.3 is 24.8 Å². The van der Waals surface area contributed by atoms with Gasteiger partial charge in [0.2, 0.25) is 0 Å². The van der Waals surface area contributed by atoms with E-state index in [0.717, 1.165) is 63.5 Å². The molecular formula is C22H37IN4O3. The average Bonchev–Trinajstić information content (AvgIpc) is 3.57. The predicted molar refractivity (Wildman–Crippen MR) is 131 cm³/mol. The van der Waals surface area contributed by atoms with Crippen LogP contribution in [-0.2, 0) is 4.74 Å². The summed E-state index contributed by atoms with van der Waals surface area (Å²) in [5, 5.41) is 13.5. The summed E-state index contributed by atoms with van der Waals surface area (Å²) in [6.07, 6.45) is 1.99. The topological polar surface area (TPSA) is 69.6 Å². The Morgan fingerprint density at radius 1 is 1.20 bits per heavy atom. The molecule has 1 saturated heterocycles. The van der Waals surface area contributed by atoms with Crippen molar-refractivity contribution in [1.82, 2.24) is 15.1 Å². The van der Waals surface area contributed by atoms with Gasteiger partial charge in [0.1, 0.15) is 12.4 Å². The summed E-state index contributed by atoms with van der Waals surface area (Å²) in [5.41, 5.74) is 0. The molecule has 170 valence electrons. The number of halogens is 1. The Bertz CT molecular complexity index is 608. The first-order valence-electron chi connectivity index (χ1n) is 10.9. The maximum atomic E-state index is 10.1. The Kier molecular flexibility index (Phi) is 11.8. The van der Waals surface area contributed by atoms with Crippen LogP contribution in [0.15, 0.2) is 35.3 Å². The lowest BCUT2D eigenvalue weighted by molar-refractivity contribution is 0.0367. The summed E-state index contributed by atoms with van der Waals surface area (Å²) in [6, 6.07) is 9.96. The summed E-state index contributed by atoms with van der Waals surface area (Å²) in [7, 11) is 0. The molecule has 0 bridgehead atoms. The second-order valence-electron chi connectivity index (χ2n) is 7.82. The Morgan fingerprint density at radius 3 is 2.60 bits per heavy atom. The highest BCUT2D eigenvalue weighted by atomic mass is 127. The lowest BCUT2D eigenvalue weighted by atomic mass is 10.3. The number of piperazine rings is 1. The molecule has 1 aromatic carbocycles. The number of guanidine groups is 1. The largest absolute Gasteiger partial charge is 0.492 e. The maximum absolute atomic E-state index is 10.1. The highest BCUT2D eigenvalue weighted by Gasteiger charge is 2.22. The van der Waals surface area contributed by atoms with E-state index in [4.69, 9.17) is 9.47 Å². The minimum atomic E-state index is -0.543. The van der Waals surface area contributed by atoms with Crippen molar-refractivity contribution in [2.45, 2.75) is 25.9 Å². The van der Waals surface area contributed by atoms with Crippen LogP contribution in [0.2, 0.25) is 0 Å². The van der Waals surface area contributed by atoms with Gasteiger partial charge in [-0.05, 0) is 37.8 Å². The molecule has 1 aliphatic heterocycles. The number of aliphatic hydroxyl groups is 1. The van der Waals surface area contributed by atoms with Crippen LogP contribution in [0.4, 0.5) is 0 Å². The van der Waals surface area contributed by atoms with Gasteiger partial charge in [-0.25, -0.2) is 0 Å². The number of hydrogen-bond donors (Lipinski definition) is 2. The van der Waals surface area contributed by atoms with E-state index in [1.54, 1.807) is 0 Å². The highest BCUT2D eigenvalue weighted by Crippen LogP contribution is 2.28. The lowest BCUT2D eigenvalue weighted by Crippen LogP contribution is -2.53. The predicted octanol–water partition coefficient (Wildman–Crippen LogP) is 2.05. The van der Waals surface area contributed by atoms with E-state index in [9.17, 15) is 5.11 Å². The standard InChI is InChI=1S/C22H36N4O3.HI/c1-2-23-22(24-16-20(27)18-28-17-19-8-9-19)26-12-10-25(11-13-26)14-15-29-21-6-4-3-5-7-21;/h3-7,19-20,27H,2,8-18H2,1H3,(H,23,24);1H. The number of hydrogen-bond acceptors (Lipinski definition) is 5. The molecule has 1 atom stereocenters. The molecule has 7 nitrogen and oxygen atoms in total. The smallest absolute Gasteiger partial charge is 0.194 e. The molecule has 8 heteroatoms. The van der Waals surface area contributed by atoms with E-state index >= 15 is 0 Å². The van der Waals surface area contributed by atoms with Crippen molar-refractivity contribution in [3.63, 3.8) is 0 Å². The third kappa shape index (κ3) is 9.36. The van der Waals surface area contributed by atoms with E-state index in [0.29, 0.717) is 19.8 Å². The number of benzene rings is 1. The molecule has 2 N–H and O–H groups in total. The normalized spacial score (nSPS) is 18.6. The van der Waals surface area contributed by atoms with Gasteiger partial charge >= 0.3 is 0 Å². The number of aliphatic hydroxyl groups excluding tert-OH is 1. The van der Waals surface area contributed by atoms with Gasteiger partial charge in [0.15, 0.2) is 5.96 Å². The van der Waals surface area contributed by atoms with E-state index in [2.05, 4.69) is 27.0 Å². The van der Waals surface area contributed by atoms with Crippen molar-refractivity contribution in [1.29, 1.82) is 0 Å². The molecule has 0 spiro atoms. The fourth-order valence-corrected chi connectivity index (χ4v) is 3.32. The zero-order chi connectivity index (χ0) is 20.3. The van der Waals surface area contributed by atoms with Crippen molar-refractivity contribution >= 4 is 29.9 Å². The molecule has 0 aromatic heterocycles. The first kappa shape index (κ1) is 25.2. The Morgan fingerprint density at radius 2 is 1.93 bits per heavy atom. The third-order valence-electron chi connectivity index (χ3n) is 5.24. The second-order valence-corrected chi connectivity index (χ2v) is 7.82. The molecule has 0 amide bonds. The van der Waals surface area contributed by atoms with Crippen LogP contribution in [0.3, 0.4) is 0 Å². The van der Waals surface area contributed by atoms with Crippen LogP contribution in [0.5, 0.6) is 5.75 Å². The van der Waals surface area contributed by atoms with Crippen LogP contribution < -0.4 is 10.1 Å². The first-order chi connectivity index (χ1) is 14.2. The molecule has 30 heavy (non-hydrogen) atoms. The van der Waals surface area contributed by atoms with Crippen LogP contribution in [-0.4, -0.2) is 92.6 Å². The molecule has 2 fully saturated rings. The minimum Gasteiger partial charge on any atom is -0.492 e. The molecule has 2 aliphatic rings. The van der Waals surface area contributed by atoms with Crippen LogP contribution in [0, 0.1) is 5.92 Å². The van der Waals surface area contributed by atoms with Gasteiger partial charge in [-0.1, -0.05) is 18.2 Å². The number of para-hydroxylation sites is 1. The van der Waals surface area contributed by atoms with E-state index in [-0.39, 0.29) is 24.0 Å². The van der Waals surface area contributed by atoms with Crippen LogP contribution >= 0.6 is 24.0 Å². The van der Waals surface area contributed by atoms with E-state index < -0.39 is 6.10 Å². The lowest BCUT2D eigenvalue weighted by Gasteiger charge is -2.36. The summed E-state index contributed by atoms with van der Waals surface area (Å²) in [5.74, 6) is 2.53. The Hall–Kier alpha value is -1.10. The number of nitrogens with one attached hydrogen (secondary N) is 1. The quantitative estimate of drug-likeness (QED) is 0.259. The monoisotopic (exact) mass is 532 g/mol. The summed E-state index contributed by atoms with van der Waals surface area (Å²) in [4.78, 5) is 9.33. The fourth-order valence-electron chi connectivity index (χ4n) is 3.32. The maximum Gasteiger partial charge on any atom is 0.194 e. The molecule has 1 unspecified atom stereocenters. The fraction of sp³-hybridized carbons (Fsp3) is 0.682. The number of rotatable bonds is 11. The molecule has 3 rings (SSSR count). The van der Waals surface area contributed by atoms with E-state index in [1.807, 2.05) is 30.3 Å². The van der Waals surface area contributed by atoms with Gasteiger partial charge in [-0.15, -0.1) is 24.0 Å². The zero-order valence-electron chi connectivity index (χ0n) is 18.0. The minimum absolute atomic E-state index is 0. The van der Waals surface area contributed by atoms with Gasteiger partial charge in [0, 0.05) is 45.9 Å². The van der Waals surface area contributed by atoms with Gasteiger partial charge in [-0.2, -0.15) is 0 Å². The van der Waals surface area contributed by atoms with E-state index in [1.165, 1.54) is 12.8 Å². The van der Waals surface area contributed by atoms with Gasteiger partial charge in [0.25, 0.3) is 0 Å². The first-order valence-corrected chi connectivity index (χ1v) is 10.9. The molecular weight excluding hydrogens is 495 g/mol. The number of aliphatic imine (C=N–C) groups is 1. The molecule has 0 radical (unpaired) electrons. The Labute approximate surface area is 197 Å². The molecule has 1 aromatic rings. The van der Waals surface area contributed by atoms with Crippen molar-refractivity contribution in [3.8, 4) is 5.75 Å².